The number of likely N-dealkylation sites (N-methyl/N-ethyl adjacent to an activating group) is 1. The first-order valence-electron chi connectivity index (χ1n) is 9.05. The minimum atomic E-state index is -0.264. The van der Waals surface area contributed by atoms with Gasteiger partial charge in [0.2, 0.25) is 11.8 Å². The van der Waals surface area contributed by atoms with Crippen molar-refractivity contribution in [3.05, 3.63) is 51.9 Å². The lowest BCUT2D eigenvalue weighted by molar-refractivity contribution is -0.120. The van der Waals surface area contributed by atoms with E-state index in [0.29, 0.717) is 16.1 Å². The average molecular weight is 385 g/mol. The molecule has 0 bridgehead atoms. The van der Waals surface area contributed by atoms with Gasteiger partial charge >= 0.3 is 0 Å². The van der Waals surface area contributed by atoms with Crippen LogP contribution < -0.4 is 16.0 Å². The number of anilines is 1. The Labute approximate surface area is 162 Å². The molecule has 6 nitrogen and oxygen atoms in total. The van der Waals surface area contributed by atoms with Crippen molar-refractivity contribution in [3.63, 3.8) is 0 Å². The normalized spacial score (nSPS) is 12.9. The molecule has 0 saturated carbocycles. The summed E-state index contributed by atoms with van der Waals surface area (Å²) >= 11 is 1.50. The Morgan fingerprint density at radius 3 is 2.44 bits per heavy atom. The van der Waals surface area contributed by atoms with Crippen LogP contribution in [-0.2, 0) is 22.4 Å². The number of ketones is 1. The summed E-state index contributed by atoms with van der Waals surface area (Å²) in [5.74, 6) is -0.502. The van der Waals surface area contributed by atoms with Gasteiger partial charge in [-0.25, -0.2) is 0 Å². The van der Waals surface area contributed by atoms with E-state index >= 15 is 0 Å². The minimum Gasteiger partial charge on any atom is -0.358 e. The van der Waals surface area contributed by atoms with E-state index in [1.165, 1.54) is 16.2 Å². The molecule has 2 amide bonds. The van der Waals surface area contributed by atoms with Crippen LogP contribution in [0.2, 0.25) is 0 Å². The van der Waals surface area contributed by atoms with Crippen LogP contribution in [0.5, 0.6) is 0 Å². The quantitative estimate of drug-likeness (QED) is 0.637. The number of hydrogen-bond donors (Lipinski definition) is 3. The lowest BCUT2D eigenvalue weighted by Gasteiger charge is -2.12. The van der Waals surface area contributed by atoms with E-state index in [0.717, 1.165) is 31.2 Å². The van der Waals surface area contributed by atoms with E-state index < -0.39 is 0 Å². The van der Waals surface area contributed by atoms with Gasteiger partial charge in [0.05, 0.1) is 18.7 Å². The van der Waals surface area contributed by atoms with Gasteiger partial charge in [0.25, 0.3) is 0 Å². The summed E-state index contributed by atoms with van der Waals surface area (Å²) in [6, 6.07) is 9.15. The number of benzene rings is 1. The predicted octanol–water partition coefficient (Wildman–Crippen LogP) is 2.13. The second-order valence-corrected chi connectivity index (χ2v) is 7.54. The summed E-state index contributed by atoms with van der Waals surface area (Å²) < 4.78 is 0. The van der Waals surface area contributed by atoms with E-state index in [-0.39, 0.29) is 30.7 Å². The molecular weight excluding hydrogens is 362 g/mol. The SMILES string of the molecule is CNC(=O)CNCC(=O)Nc1sc2c(c1C(=O)c1ccccc1)CCCC2. The molecule has 0 aliphatic heterocycles. The molecule has 0 atom stereocenters. The Hall–Kier alpha value is -2.51. The number of amides is 2. The lowest BCUT2D eigenvalue weighted by Crippen LogP contribution is -2.36. The number of aryl methyl sites for hydroxylation is 1. The number of nitrogens with one attached hydrogen (secondary N) is 3. The molecule has 27 heavy (non-hydrogen) atoms. The number of fused-ring (bicyclic) bond motifs is 1. The molecular formula is C20H23N3O3S. The van der Waals surface area contributed by atoms with Crippen molar-refractivity contribution in [2.24, 2.45) is 0 Å². The third-order valence-corrected chi connectivity index (χ3v) is 5.74. The van der Waals surface area contributed by atoms with Crippen molar-refractivity contribution in [2.45, 2.75) is 25.7 Å². The zero-order valence-corrected chi connectivity index (χ0v) is 16.1. The molecule has 7 heteroatoms. The van der Waals surface area contributed by atoms with Crippen LogP contribution >= 0.6 is 11.3 Å². The zero-order chi connectivity index (χ0) is 19.2. The van der Waals surface area contributed by atoms with Gasteiger partial charge in [-0.1, -0.05) is 30.3 Å². The van der Waals surface area contributed by atoms with Gasteiger partial charge in [0.1, 0.15) is 5.00 Å². The third-order valence-electron chi connectivity index (χ3n) is 4.54. The number of carbonyl (C=O) groups excluding carboxylic acids is 3. The van der Waals surface area contributed by atoms with Crippen LogP contribution in [-0.4, -0.2) is 37.7 Å². The summed E-state index contributed by atoms with van der Waals surface area (Å²) in [6.07, 6.45) is 3.97. The molecule has 1 aliphatic carbocycles. The average Bonchev–Trinajstić information content (AvgIpc) is 3.05. The monoisotopic (exact) mass is 385 g/mol. The van der Waals surface area contributed by atoms with Crippen LogP contribution in [0.4, 0.5) is 5.00 Å². The van der Waals surface area contributed by atoms with E-state index in [1.54, 1.807) is 19.2 Å². The van der Waals surface area contributed by atoms with Crippen LogP contribution in [0.15, 0.2) is 30.3 Å². The van der Waals surface area contributed by atoms with Gasteiger partial charge in [-0.15, -0.1) is 11.3 Å². The van der Waals surface area contributed by atoms with Crippen molar-refractivity contribution < 1.29 is 14.4 Å². The maximum Gasteiger partial charge on any atom is 0.238 e. The van der Waals surface area contributed by atoms with Gasteiger partial charge < -0.3 is 10.6 Å². The van der Waals surface area contributed by atoms with Gasteiger partial charge in [0, 0.05) is 17.5 Å². The topological polar surface area (TPSA) is 87.3 Å². The fourth-order valence-corrected chi connectivity index (χ4v) is 4.48. The van der Waals surface area contributed by atoms with Crippen molar-refractivity contribution in [2.75, 3.05) is 25.5 Å². The Morgan fingerprint density at radius 1 is 1.00 bits per heavy atom. The van der Waals surface area contributed by atoms with Crippen molar-refractivity contribution in [3.8, 4) is 0 Å². The highest BCUT2D eigenvalue weighted by Crippen LogP contribution is 2.39. The summed E-state index contributed by atoms with van der Waals surface area (Å²) in [5, 5.41) is 8.77. The molecule has 0 spiro atoms. The number of rotatable bonds is 7. The van der Waals surface area contributed by atoms with Crippen LogP contribution in [0, 0.1) is 0 Å². The van der Waals surface area contributed by atoms with E-state index in [1.807, 2.05) is 18.2 Å². The molecule has 1 aromatic carbocycles. The molecule has 1 aromatic heterocycles. The Bertz CT molecular complexity index is 846. The van der Waals surface area contributed by atoms with Gasteiger partial charge in [-0.3, -0.25) is 19.7 Å². The van der Waals surface area contributed by atoms with E-state index in [2.05, 4.69) is 16.0 Å². The van der Waals surface area contributed by atoms with E-state index in [4.69, 9.17) is 0 Å². The van der Waals surface area contributed by atoms with E-state index in [9.17, 15) is 14.4 Å². The summed E-state index contributed by atoms with van der Waals surface area (Å²) in [5.41, 5.74) is 2.33. The number of thiophene rings is 1. The third kappa shape index (κ3) is 4.61. The molecule has 1 aliphatic rings. The molecule has 0 radical (unpaired) electrons. The van der Waals surface area contributed by atoms with Gasteiger partial charge in [0.15, 0.2) is 5.78 Å². The Kier molecular flexibility index (Phi) is 6.36. The largest absolute Gasteiger partial charge is 0.358 e. The predicted molar refractivity (Wildman–Crippen MR) is 106 cm³/mol. The first kappa shape index (κ1) is 19.3. The number of hydrogen-bond acceptors (Lipinski definition) is 5. The molecule has 1 heterocycles. The smallest absolute Gasteiger partial charge is 0.238 e. The molecule has 0 unspecified atom stereocenters. The standard InChI is InChI=1S/C20H23N3O3S/c1-21-16(24)11-22-12-17(25)23-20-18(14-9-5-6-10-15(14)27-20)19(26)13-7-3-2-4-8-13/h2-4,7-8,22H,5-6,9-12H2,1H3,(H,21,24)(H,23,25). The maximum absolute atomic E-state index is 13.1. The Morgan fingerprint density at radius 2 is 1.70 bits per heavy atom. The van der Waals surface area contributed by atoms with Crippen LogP contribution in [0.1, 0.15) is 39.2 Å². The molecule has 3 N–H and O–H groups in total. The molecule has 0 saturated heterocycles. The highest BCUT2D eigenvalue weighted by Gasteiger charge is 2.26. The molecule has 2 aromatic rings. The minimum absolute atomic E-state index is 0.00888. The van der Waals surface area contributed by atoms with Crippen LogP contribution in [0.3, 0.4) is 0 Å². The first-order valence-corrected chi connectivity index (χ1v) is 9.87. The van der Waals surface area contributed by atoms with Gasteiger partial charge in [-0.2, -0.15) is 0 Å². The van der Waals surface area contributed by atoms with Crippen molar-refractivity contribution in [1.29, 1.82) is 0 Å². The maximum atomic E-state index is 13.1. The van der Waals surface area contributed by atoms with Gasteiger partial charge in [-0.05, 0) is 31.2 Å². The number of carbonyl (C=O) groups is 3. The fraction of sp³-hybridized carbons (Fsp3) is 0.350. The Balaban J connectivity index is 1.80. The van der Waals surface area contributed by atoms with Crippen LogP contribution in [0.25, 0.3) is 0 Å². The second kappa shape index (κ2) is 8.92. The molecule has 142 valence electrons. The van der Waals surface area contributed by atoms with Crippen molar-refractivity contribution in [1.82, 2.24) is 10.6 Å². The molecule has 0 fully saturated rings. The zero-order valence-electron chi connectivity index (χ0n) is 15.3. The summed E-state index contributed by atoms with van der Waals surface area (Å²) in [7, 11) is 1.54. The highest BCUT2D eigenvalue weighted by atomic mass is 32.1. The molecule has 3 rings (SSSR count). The lowest BCUT2D eigenvalue weighted by atomic mass is 9.92. The fourth-order valence-electron chi connectivity index (χ4n) is 3.18. The van der Waals surface area contributed by atoms with Crippen molar-refractivity contribution >= 4 is 33.9 Å². The summed E-state index contributed by atoms with van der Waals surface area (Å²) in [6.45, 7) is 0.0790. The summed E-state index contributed by atoms with van der Waals surface area (Å²) in [4.78, 5) is 37.8. The second-order valence-electron chi connectivity index (χ2n) is 6.44. The highest BCUT2D eigenvalue weighted by molar-refractivity contribution is 7.17. The first-order chi connectivity index (χ1) is 13.1.